The Morgan fingerprint density at radius 1 is 1.35 bits per heavy atom. The van der Waals surface area contributed by atoms with Crippen LogP contribution in [-0.2, 0) is 9.59 Å². The third-order valence-electron chi connectivity index (χ3n) is 3.79. The molecule has 1 atom stereocenters. The number of hydrogen-bond acceptors (Lipinski definition) is 5. The average molecular weight is 317 g/mol. The molecule has 1 aromatic heterocycles. The lowest BCUT2D eigenvalue weighted by atomic mass is 10.1. The van der Waals surface area contributed by atoms with E-state index in [0.29, 0.717) is 11.4 Å². The van der Waals surface area contributed by atoms with Gasteiger partial charge in [0, 0.05) is 18.3 Å². The smallest absolute Gasteiger partial charge is 0.256 e. The molecule has 1 aliphatic carbocycles. The highest BCUT2D eigenvalue weighted by Gasteiger charge is 2.44. The maximum Gasteiger partial charge on any atom is 0.256 e. The van der Waals surface area contributed by atoms with Gasteiger partial charge in [0.25, 0.3) is 5.91 Å². The molecular formula is C16H19N3O4. The van der Waals surface area contributed by atoms with Crippen LogP contribution in [0.5, 0.6) is 5.88 Å². The summed E-state index contributed by atoms with van der Waals surface area (Å²) in [4.78, 5) is 41.7. The average Bonchev–Trinajstić information content (AvgIpc) is 3.25. The quantitative estimate of drug-likeness (QED) is 0.815. The molecule has 0 bridgehead atoms. The number of nitrogens with zero attached hydrogens (tertiary/aromatic N) is 2. The van der Waals surface area contributed by atoms with Crippen molar-refractivity contribution in [1.82, 2.24) is 15.2 Å². The molecule has 7 heteroatoms. The molecule has 3 rings (SSSR count). The van der Waals surface area contributed by atoms with E-state index >= 15 is 0 Å². The minimum Gasteiger partial charge on any atom is -0.475 e. The predicted octanol–water partition coefficient (Wildman–Crippen LogP) is 0.888. The van der Waals surface area contributed by atoms with Crippen LogP contribution in [0.2, 0.25) is 0 Å². The van der Waals surface area contributed by atoms with Crippen LogP contribution in [0.15, 0.2) is 18.3 Å². The van der Waals surface area contributed by atoms with Gasteiger partial charge in [0.2, 0.25) is 17.7 Å². The number of amides is 3. The molecule has 7 nitrogen and oxygen atoms in total. The number of carbonyl (C=O) groups excluding carboxylic acids is 3. The molecule has 3 amide bonds. The van der Waals surface area contributed by atoms with Crippen LogP contribution in [0.1, 0.15) is 43.5 Å². The monoisotopic (exact) mass is 317 g/mol. The number of imide groups is 1. The van der Waals surface area contributed by atoms with E-state index in [2.05, 4.69) is 10.3 Å². The van der Waals surface area contributed by atoms with Crippen LogP contribution < -0.4 is 10.1 Å². The summed E-state index contributed by atoms with van der Waals surface area (Å²) in [5.74, 6) is -0.561. The van der Waals surface area contributed by atoms with Crippen molar-refractivity contribution in [1.29, 1.82) is 0 Å². The van der Waals surface area contributed by atoms with Gasteiger partial charge in [0.15, 0.2) is 0 Å². The lowest BCUT2D eigenvalue weighted by molar-refractivity contribution is -0.126. The minimum absolute atomic E-state index is 0.000195. The second-order valence-electron chi connectivity index (χ2n) is 6.13. The van der Waals surface area contributed by atoms with Gasteiger partial charge in [-0.15, -0.1) is 0 Å². The molecule has 1 aliphatic heterocycles. The van der Waals surface area contributed by atoms with Gasteiger partial charge in [-0.05, 0) is 32.8 Å². The number of ether oxygens (including phenoxy) is 1. The van der Waals surface area contributed by atoms with Crippen molar-refractivity contribution in [2.24, 2.45) is 0 Å². The second kappa shape index (κ2) is 5.98. The van der Waals surface area contributed by atoms with Crippen molar-refractivity contribution in [3.63, 3.8) is 0 Å². The Kier molecular flexibility index (Phi) is 4.02. The first kappa shape index (κ1) is 15.5. The van der Waals surface area contributed by atoms with E-state index in [1.54, 1.807) is 12.1 Å². The minimum atomic E-state index is -0.714. The van der Waals surface area contributed by atoms with E-state index in [1.165, 1.54) is 11.1 Å². The van der Waals surface area contributed by atoms with Crippen LogP contribution in [0.4, 0.5) is 0 Å². The Bertz CT molecular complexity index is 637. The van der Waals surface area contributed by atoms with E-state index < -0.39 is 11.9 Å². The van der Waals surface area contributed by atoms with Gasteiger partial charge in [-0.3, -0.25) is 19.7 Å². The first-order valence-electron chi connectivity index (χ1n) is 7.75. The molecule has 122 valence electrons. The van der Waals surface area contributed by atoms with Crippen LogP contribution >= 0.6 is 0 Å². The zero-order valence-corrected chi connectivity index (χ0v) is 13.1. The Balaban J connectivity index is 1.79. The van der Waals surface area contributed by atoms with Gasteiger partial charge < -0.3 is 9.64 Å². The van der Waals surface area contributed by atoms with Crippen molar-refractivity contribution in [2.45, 2.75) is 51.3 Å². The Morgan fingerprint density at radius 3 is 2.57 bits per heavy atom. The molecule has 1 saturated carbocycles. The van der Waals surface area contributed by atoms with E-state index in [9.17, 15) is 14.4 Å². The van der Waals surface area contributed by atoms with Gasteiger partial charge in [0.1, 0.15) is 6.04 Å². The standard InChI is InChI=1S/C16H19N3O4/c1-9(2)23-14-6-3-10(8-17-14)16(22)19(11-4-5-11)12-7-13(20)18-15(12)21/h3,6,8-9,11-12H,4-5,7H2,1-2H3,(H,18,20,21)/t12-/m1/s1. The van der Waals surface area contributed by atoms with E-state index in [-0.39, 0.29) is 30.4 Å². The maximum absolute atomic E-state index is 12.8. The summed E-state index contributed by atoms with van der Waals surface area (Å²) < 4.78 is 5.46. The summed E-state index contributed by atoms with van der Waals surface area (Å²) in [5, 5.41) is 2.26. The zero-order chi connectivity index (χ0) is 16.6. The van der Waals surface area contributed by atoms with Gasteiger partial charge in [-0.1, -0.05) is 0 Å². The fourth-order valence-corrected chi connectivity index (χ4v) is 2.65. The van der Waals surface area contributed by atoms with Crippen LogP contribution in [-0.4, -0.2) is 45.8 Å². The second-order valence-corrected chi connectivity index (χ2v) is 6.13. The summed E-state index contributed by atoms with van der Waals surface area (Å²) in [6, 6.07) is 2.58. The van der Waals surface area contributed by atoms with Crippen molar-refractivity contribution in [3.05, 3.63) is 23.9 Å². The maximum atomic E-state index is 12.8. The Hall–Kier alpha value is -2.44. The number of hydrogen-bond donors (Lipinski definition) is 1. The molecule has 0 radical (unpaired) electrons. The summed E-state index contributed by atoms with van der Waals surface area (Å²) in [6.45, 7) is 3.79. The van der Waals surface area contributed by atoms with Crippen molar-refractivity contribution in [2.75, 3.05) is 0 Å². The molecule has 1 saturated heterocycles. The summed E-state index contributed by atoms with van der Waals surface area (Å²) in [5.41, 5.74) is 0.389. The molecule has 2 fully saturated rings. The number of carbonyl (C=O) groups is 3. The Labute approximate surface area is 134 Å². The zero-order valence-electron chi connectivity index (χ0n) is 13.1. The molecule has 0 unspecified atom stereocenters. The fraction of sp³-hybridized carbons (Fsp3) is 0.500. The molecule has 0 aromatic carbocycles. The fourth-order valence-electron chi connectivity index (χ4n) is 2.65. The molecule has 1 N–H and O–H groups in total. The molecule has 1 aromatic rings. The highest BCUT2D eigenvalue weighted by Crippen LogP contribution is 2.32. The first-order chi connectivity index (χ1) is 11.0. The third kappa shape index (κ3) is 3.33. The number of rotatable bonds is 5. The summed E-state index contributed by atoms with van der Waals surface area (Å²) in [7, 11) is 0. The van der Waals surface area contributed by atoms with E-state index in [0.717, 1.165) is 12.8 Å². The van der Waals surface area contributed by atoms with Crippen molar-refractivity contribution >= 4 is 17.7 Å². The first-order valence-corrected chi connectivity index (χ1v) is 7.75. The van der Waals surface area contributed by atoms with Gasteiger partial charge in [-0.2, -0.15) is 0 Å². The lowest BCUT2D eigenvalue weighted by Crippen LogP contribution is -2.45. The molecule has 2 aliphatic rings. The van der Waals surface area contributed by atoms with E-state index in [1.807, 2.05) is 13.8 Å². The van der Waals surface area contributed by atoms with Crippen LogP contribution in [0.25, 0.3) is 0 Å². The van der Waals surface area contributed by atoms with E-state index in [4.69, 9.17) is 4.74 Å². The molecule has 0 spiro atoms. The molecule has 2 heterocycles. The summed E-state index contributed by atoms with van der Waals surface area (Å²) >= 11 is 0. The predicted molar refractivity (Wildman–Crippen MR) is 80.7 cm³/mol. The lowest BCUT2D eigenvalue weighted by Gasteiger charge is -2.26. The number of pyridine rings is 1. The van der Waals surface area contributed by atoms with Crippen molar-refractivity contribution < 1.29 is 19.1 Å². The van der Waals surface area contributed by atoms with Gasteiger partial charge >= 0.3 is 0 Å². The SMILES string of the molecule is CC(C)Oc1ccc(C(=O)N(C2CC2)[C@@H]2CC(=O)NC2=O)cn1. The van der Waals surface area contributed by atoms with Crippen LogP contribution in [0.3, 0.4) is 0 Å². The largest absolute Gasteiger partial charge is 0.475 e. The third-order valence-corrected chi connectivity index (χ3v) is 3.79. The van der Waals surface area contributed by atoms with Gasteiger partial charge in [-0.25, -0.2) is 4.98 Å². The number of nitrogens with one attached hydrogen (secondary N) is 1. The molecular weight excluding hydrogens is 298 g/mol. The topological polar surface area (TPSA) is 88.6 Å². The summed E-state index contributed by atoms with van der Waals surface area (Å²) in [6.07, 6.45) is 3.19. The van der Waals surface area contributed by atoms with Crippen LogP contribution in [0, 0.1) is 0 Å². The highest BCUT2D eigenvalue weighted by atomic mass is 16.5. The Morgan fingerprint density at radius 2 is 2.09 bits per heavy atom. The highest BCUT2D eigenvalue weighted by molar-refractivity contribution is 6.08. The van der Waals surface area contributed by atoms with Gasteiger partial charge in [0.05, 0.1) is 18.1 Å². The normalized spacial score (nSPS) is 20.6. The number of aromatic nitrogens is 1. The molecule has 23 heavy (non-hydrogen) atoms. The van der Waals surface area contributed by atoms with Crippen molar-refractivity contribution in [3.8, 4) is 5.88 Å².